The highest BCUT2D eigenvalue weighted by Gasteiger charge is 2.24. The third kappa shape index (κ3) is 1.38. The summed E-state index contributed by atoms with van der Waals surface area (Å²) in [6.07, 6.45) is 3.50. The Morgan fingerprint density at radius 1 is 1.70 bits per heavy atom. The largest absolute Gasteiger partial charge is 0.458 e. The van der Waals surface area contributed by atoms with Crippen LogP contribution < -0.4 is 0 Å². The van der Waals surface area contributed by atoms with E-state index in [-0.39, 0.29) is 18.0 Å². The maximum atomic E-state index is 10.9. The van der Waals surface area contributed by atoms with E-state index in [1.165, 1.54) is 0 Å². The Labute approximate surface area is 60.9 Å². The summed E-state index contributed by atoms with van der Waals surface area (Å²) in [7, 11) is 0. The average Bonchev–Trinajstić information content (AvgIpc) is 1.95. The molecule has 10 heavy (non-hydrogen) atoms. The maximum Gasteiger partial charge on any atom is 0.309 e. The molecule has 0 N–H and O–H groups in total. The van der Waals surface area contributed by atoms with Gasteiger partial charge in [-0.3, -0.25) is 4.79 Å². The Hall–Kier alpha value is -0.790. The zero-order chi connectivity index (χ0) is 7.56. The van der Waals surface area contributed by atoms with E-state index in [0.717, 1.165) is 12.8 Å². The van der Waals surface area contributed by atoms with Crippen molar-refractivity contribution in [2.24, 2.45) is 5.92 Å². The first-order valence-corrected chi connectivity index (χ1v) is 3.57. The molecule has 0 aromatic heterocycles. The molecule has 2 atom stereocenters. The second-order valence-corrected chi connectivity index (χ2v) is 2.69. The van der Waals surface area contributed by atoms with Gasteiger partial charge in [-0.15, -0.1) is 0 Å². The first kappa shape index (κ1) is 7.32. The molecular weight excluding hydrogens is 128 g/mol. The Balaban J connectivity index is 2.48. The van der Waals surface area contributed by atoms with Crippen molar-refractivity contribution in [2.45, 2.75) is 25.9 Å². The van der Waals surface area contributed by atoms with Crippen molar-refractivity contribution in [3.05, 3.63) is 12.7 Å². The number of cyclic esters (lactones) is 1. The molecule has 0 bridgehead atoms. The summed E-state index contributed by atoms with van der Waals surface area (Å²) < 4.78 is 4.99. The number of carbonyl (C=O) groups excluding carboxylic acids is 1. The third-order valence-corrected chi connectivity index (χ3v) is 1.82. The van der Waals surface area contributed by atoms with Crippen molar-refractivity contribution in [3.63, 3.8) is 0 Å². The minimum Gasteiger partial charge on any atom is -0.458 e. The quantitative estimate of drug-likeness (QED) is 0.407. The number of esters is 1. The van der Waals surface area contributed by atoms with Crippen LogP contribution in [-0.2, 0) is 9.53 Å². The lowest BCUT2D eigenvalue weighted by atomic mass is 10.00. The summed E-state index contributed by atoms with van der Waals surface area (Å²) in [6.45, 7) is 5.46. The van der Waals surface area contributed by atoms with Crippen molar-refractivity contribution in [2.75, 3.05) is 0 Å². The monoisotopic (exact) mass is 140 g/mol. The van der Waals surface area contributed by atoms with E-state index in [2.05, 4.69) is 6.58 Å². The van der Waals surface area contributed by atoms with Crippen molar-refractivity contribution in [1.29, 1.82) is 0 Å². The van der Waals surface area contributed by atoms with Gasteiger partial charge in [0.2, 0.25) is 0 Å². The van der Waals surface area contributed by atoms with Gasteiger partial charge in [0.25, 0.3) is 0 Å². The molecule has 0 aromatic rings. The number of hydrogen-bond acceptors (Lipinski definition) is 2. The highest BCUT2D eigenvalue weighted by atomic mass is 16.5. The van der Waals surface area contributed by atoms with Crippen molar-refractivity contribution in [3.8, 4) is 0 Å². The molecule has 1 saturated heterocycles. The van der Waals surface area contributed by atoms with Gasteiger partial charge in [0.05, 0.1) is 5.92 Å². The molecule has 1 rings (SSSR count). The van der Waals surface area contributed by atoms with Gasteiger partial charge in [0, 0.05) is 0 Å². The molecule has 1 unspecified atom stereocenters. The van der Waals surface area contributed by atoms with E-state index < -0.39 is 0 Å². The van der Waals surface area contributed by atoms with Gasteiger partial charge in [0.1, 0.15) is 6.10 Å². The fourth-order valence-corrected chi connectivity index (χ4v) is 1.02. The highest BCUT2D eigenvalue weighted by molar-refractivity contribution is 5.73. The predicted octanol–water partition coefficient (Wildman–Crippen LogP) is 1.51. The summed E-state index contributed by atoms with van der Waals surface area (Å²) in [5.74, 6) is -0.00708. The Bertz CT molecular complexity index is 151. The normalized spacial score (nSPS) is 33.1. The second kappa shape index (κ2) is 2.86. The fraction of sp³-hybridized carbons (Fsp3) is 0.625. The molecule has 1 heterocycles. The molecule has 0 spiro atoms. The SMILES string of the molecule is C=C[C@H]1CCC(C)C(=O)O1. The van der Waals surface area contributed by atoms with Gasteiger partial charge < -0.3 is 4.74 Å². The van der Waals surface area contributed by atoms with Crippen LogP contribution in [0.25, 0.3) is 0 Å². The molecule has 56 valence electrons. The van der Waals surface area contributed by atoms with E-state index in [1.54, 1.807) is 6.08 Å². The fourth-order valence-electron chi connectivity index (χ4n) is 1.02. The predicted molar refractivity (Wildman–Crippen MR) is 38.5 cm³/mol. The van der Waals surface area contributed by atoms with Gasteiger partial charge in [-0.1, -0.05) is 19.6 Å². The van der Waals surface area contributed by atoms with Crippen LogP contribution in [0.5, 0.6) is 0 Å². The van der Waals surface area contributed by atoms with Gasteiger partial charge in [0.15, 0.2) is 0 Å². The molecule has 0 aromatic carbocycles. The molecule has 1 fully saturated rings. The molecule has 1 aliphatic heterocycles. The first-order valence-electron chi connectivity index (χ1n) is 3.57. The minimum absolute atomic E-state index is 0.0382. The number of rotatable bonds is 1. The molecule has 0 amide bonds. The zero-order valence-corrected chi connectivity index (χ0v) is 6.17. The van der Waals surface area contributed by atoms with Crippen molar-refractivity contribution < 1.29 is 9.53 Å². The molecular formula is C8H12O2. The molecule has 0 saturated carbocycles. The van der Waals surface area contributed by atoms with Crippen LogP contribution in [0, 0.1) is 5.92 Å². The molecule has 0 aliphatic carbocycles. The summed E-state index contributed by atoms with van der Waals surface area (Å²) in [5, 5.41) is 0. The van der Waals surface area contributed by atoms with Crippen molar-refractivity contribution in [1.82, 2.24) is 0 Å². The Morgan fingerprint density at radius 2 is 2.40 bits per heavy atom. The summed E-state index contributed by atoms with van der Waals surface area (Å²) in [4.78, 5) is 10.9. The summed E-state index contributed by atoms with van der Waals surface area (Å²) >= 11 is 0. The van der Waals surface area contributed by atoms with Gasteiger partial charge in [-0.25, -0.2) is 0 Å². The topological polar surface area (TPSA) is 26.3 Å². The zero-order valence-electron chi connectivity index (χ0n) is 6.17. The lowest BCUT2D eigenvalue weighted by molar-refractivity contribution is -0.156. The van der Waals surface area contributed by atoms with Gasteiger partial charge in [-0.2, -0.15) is 0 Å². The Morgan fingerprint density at radius 3 is 2.90 bits per heavy atom. The smallest absolute Gasteiger partial charge is 0.309 e. The number of hydrogen-bond donors (Lipinski definition) is 0. The van der Waals surface area contributed by atoms with E-state index in [1.807, 2.05) is 6.92 Å². The standard InChI is InChI=1S/C8H12O2/c1-3-7-5-4-6(2)8(9)10-7/h3,6-7H,1,4-5H2,2H3/t6?,7-/m0/s1. The lowest BCUT2D eigenvalue weighted by Crippen LogP contribution is -2.27. The summed E-state index contributed by atoms with van der Waals surface area (Å²) in [5.41, 5.74) is 0. The van der Waals surface area contributed by atoms with Crippen LogP contribution in [-0.4, -0.2) is 12.1 Å². The maximum absolute atomic E-state index is 10.9. The third-order valence-electron chi connectivity index (χ3n) is 1.82. The van der Waals surface area contributed by atoms with E-state index in [0.29, 0.717) is 0 Å². The van der Waals surface area contributed by atoms with Crippen LogP contribution in [0.15, 0.2) is 12.7 Å². The number of carbonyl (C=O) groups is 1. The van der Waals surface area contributed by atoms with Crippen LogP contribution in [0.1, 0.15) is 19.8 Å². The molecule has 2 nitrogen and oxygen atoms in total. The molecule has 1 aliphatic rings. The van der Waals surface area contributed by atoms with E-state index in [4.69, 9.17) is 4.74 Å². The van der Waals surface area contributed by atoms with Gasteiger partial charge >= 0.3 is 5.97 Å². The van der Waals surface area contributed by atoms with Crippen LogP contribution in [0.3, 0.4) is 0 Å². The van der Waals surface area contributed by atoms with Crippen LogP contribution in [0.4, 0.5) is 0 Å². The first-order chi connectivity index (χ1) is 4.74. The van der Waals surface area contributed by atoms with E-state index >= 15 is 0 Å². The van der Waals surface area contributed by atoms with Crippen LogP contribution in [0.2, 0.25) is 0 Å². The molecule has 0 radical (unpaired) electrons. The molecule has 2 heteroatoms. The summed E-state index contributed by atoms with van der Waals surface area (Å²) in [6, 6.07) is 0. The highest BCUT2D eigenvalue weighted by Crippen LogP contribution is 2.19. The second-order valence-electron chi connectivity index (χ2n) is 2.69. The van der Waals surface area contributed by atoms with Crippen molar-refractivity contribution >= 4 is 5.97 Å². The Kier molecular flexibility index (Phi) is 2.10. The number of ether oxygens (including phenoxy) is 1. The average molecular weight is 140 g/mol. The lowest BCUT2D eigenvalue weighted by Gasteiger charge is -2.23. The van der Waals surface area contributed by atoms with Crippen LogP contribution >= 0.6 is 0 Å². The van der Waals surface area contributed by atoms with E-state index in [9.17, 15) is 4.79 Å². The minimum atomic E-state index is -0.0869. The van der Waals surface area contributed by atoms with Gasteiger partial charge in [-0.05, 0) is 12.8 Å².